The van der Waals surface area contributed by atoms with Crippen LogP contribution in [-0.2, 0) is 40.5 Å². The van der Waals surface area contributed by atoms with Gasteiger partial charge in [-0.3, -0.25) is 29.0 Å². The molecule has 18 heteroatoms. The molecule has 0 saturated carbocycles. The third-order valence-electron chi connectivity index (χ3n) is 12.7. The summed E-state index contributed by atoms with van der Waals surface area (Å²) < 4.78 is 23.5. The first kappa shape index (κ1) is 46.9. The summed E-state index contributed by atoms with van der Waals surface area (Å²) in [5, 5.41) is 18.1. The number of ether oxygens (including phenoxy) is 1. The van der Waals surface area contributed by atoms with Crippen LogP contribution in [0.1, 0.15) is 62.4 Å². The molecule has 1 atom stereocenters. The highest BCUT2D eigenvalue weighted by molar-refractivity contribution is 9.10. The number of nitrogens with one attached hydrogen (secondary N) is 5. The van der Waals surface area contributed by atoms with E-state index in [2.05, 4.69) is 78.4 Å². The summed E-state index contributed by atoms with van der Waals surface area (Å²) in [6, 6.07) is 17.6. The lowest BCUT2D eigenvalue weighted by molar-refractivity contribution is -0.135. The van der Waals surface area contributed by atoms with E-state index in [1.165, 1.54) is 10.1 Å². The second-order valence-electron chi connectivity index (χ2n) is 17.4. The summed E-state index contributed by atoms with van der Waals surface area (Å²) >= 11 is 3.62. The van der Waals surface area contributed by atoms with Crippen molar-refractivity contribution in [1.82, 2.24) is 40.0 Å². The van der Waals surface area contributed by atoms with Gasteiger partial charge in [-0.15, -0.1) is 0 Å². The van der Waals surface area contributed by atoms with Crippen LogP contribution in [0.2, 0.25) is 0 Å². The van der Waals surface area contributed by atoms with E-state index in [1.807, 2.05) is 42.5 Å². The lowest BCUT2D eigenvalue weighted by Crippen LogP contribution is -2.44. The van der Waals surface area contributed by atoms with Gasteiger partial charge in [0.15, 0.2) is 0 Å². The van der Waals surface area contributed by atoms with Crippen molar-refractivity contribution in [3.8, 4) is 5.75 Å². The van der Waals surface area contributed by atoms with E-state index in [0.717, 1.165) is 109 Å². The predicted molar refractivity (Wildman–Crippen MR) is 267 cm³/mol. The zero-order valence-corrected chi connectivity index (χ0v) is 40.9. The molecule has 2 fully saturated rings. The molecule has 3 aromatic carbocycles. The van der Waals surface area contributed by atoms with Crippen LogP contribution >= 0.6 is 23.1 Å². The first-order valence-corrected chi connectivity index (χ1v) is 26.1. The fourth-order valence-corrected chi connectivity index (χ4v) is 11.1. The first-order valence-electron chi connectivity index (χ1n) is 22.7. The number of halogens is 1. The molecule has 0 spiro atoms. The molecule has 5 heterocycles. The van der Waals surface area contributed by atoms with Crippen LogP contribution < -0.4 is 47.2 Å². The van der Waals surface area contributed by atoms with E-state index in [0.29, 0.717) is 45.7 Å². The molecule has 16 nitrogen and oxygen atoms in total. The number of anilines is 5. The summed E-state index contributed by atoms with van der Waals surface area (Å²) in [4.78, 5) is 54.3. The van der Waals surface area contributed by atoms with Gasteiger partial charge in [0.05, 0.1) is 39.5 Å². The van der Waals surface area contributed by atoms with Gasteiger partial charge >= 0.3 is 5.69 Å². The molecule has 2 aliphatic rings. The van der Waals surface area contributed by atoms with Crippen molar-refractivity contribution in [1.29, 1.82) is 0 Å². The molecule has 2 saturated heterocycles. The van der Waals surface area contributed by atoms with Gasteiger partial charge in [0.2, 0.25) is 17.8 Å². The highest BCUT2D eigenvalue weighted by Gasteiger charge is 2.32. The molecule has 8 rings (SSSR count). The number of pyridine rings is 1. The lowest BCUT2D eigenvalue weighted by atomic mass is 10.0. The van der Waals surface area contributed by atoms with Crippen molar-refractivity contribution in [2.24, 2.45) is 7.05 Å². The maximum Gasteiger partial charge on any atom is 0.329 e. The number of fused-ring (bicyclic) bond motifs is 2. The van der Waals surface area contributed by atoms with Crippen molar-refractivity contribution in [3.63, 3.8) is 0 Å². The smallest absolute Gasteiger partial charge is 0.329 e. The predicted octanol–water partition coefficient (Wildman–Crippen LogP) is 6.68. The van der Waals surface area contributed by atoms with E-state index in [1.54, 1.807) is 38.3 Å². The Morgan fingerprint density at radius 1 is 0.909 bits per heavy atom. The fraction of sp³-hybridized carbons (Fsp3) is 0.417. The van der Waals surface area contributed by atoms with Crippen LogP contribution in [0.25, 0.3) is 21.9 Å². The quantitative estimate of drug-likeness (QED) is 0.0370. The minimum atomic E-state index is -2.74. The van der Waals surface area contributed by atoms with E-state index < -0.39 is 19.1 Å². The van der Waals surface area contributed by atoms with Gasteiger partial charge in [-0.05, 0) is 116 Å². The number of amides is 2. The topological polar surface area (TPSA) is 189 Å². The highest BCUT2D eigenvalue weighted by atomic mass is 79.9. The van der Waals surface area contributed by atoms with Gasteiger partial charge in [0.1, 0.15) is 24.8 Å². The largest absolute Gasteiger partial charge is 0.494 e. The Balaban J connectivity index is 0.858. The van der Waals surface area contributed by atoms with Crippen molar-refractivity contribution < 1.29 is 18.9 Å². The zero-order chi connectivity index (χ0) is 46.7. The SMILES string of the molecule is CCc1ccc2c(P(C)(C)=O)c(Nc3nc(Nc4cc(CC)c(N5CCC(NCCNCCc6cccc7c6n(C)c(=O)n7C6CCC(=O)NC6=O)CC5)cc4OC)ncc3Br)ccc2n1. The number of carbonyl (C=O) groups is 2. The minimum absolute atomic E-state index is 0.211. The van der Waals surface area contributed by atoms with Crippen molar-refractivity contribution in [2.75, 3.05) is 68.7 Å². The second-order valence-corrected chi connectivity index (χ2v) is 21.4. The Kier molecular flexibility index (Phi) is 14.3. The molecule has 5 N–H and O–H groups in total. The molecule has 0 bridgehead atoms. The second kappa shape index (κ2) is 20.1. The monoisotopic (exact) mass is 979 g/mol. The highest BCUT2D eigenvalue weighted by Crippen LogP contribution is 2.42. The number of imidazole rings is 1. The summed E-state index contributed by atoms with van der Waals surface area (Å²) in [7, 11) is 0.671. The van der Waals surface area contributed by atoms with Gasteiger partial charge in [-0.2, -0.15) is 4.98 Å². The molecule has 1 unspecified atom stereocenters. The third-order valence-corrected chi connectivity index (χ3v) is 14.8. The molecular weight excluding hydrogens is 921 g/mol. The number of para-hydroxylation sites is 1. The molecule has 2 amide bonds. The van der Waals surface area contributed by atoms with Crippen LogP contribution in [-0.4, -0.2) is 95.1 Å². The fourth-order valence-electron chi connectivity index (χ4n) is 9.32. The maximum absolute atomic E-state index is 13.7. The van der Waals surface area contributed by atoms with E-state index in [-0.39, 0.29) is 18.0 Å². The Labute approximate surface area is 393 Å². The summed E-state index contributed by atoms with van der Waals surface area (Å²) in [5.74, 6) is 0.869. The number of hydrogen-bond donors (Lipinski definition) is 5. The number of aryl methyl sites for hydroxylation is 3. The van der Waals surface area contributed by atoms with Gasteiger partial charge in [0.25, 0.3) is 0 Å². The molecule has 2 aliphatic heterocycles. The number of benzene rings is 3. The van der Waals surface area contributed by atoms with Crippen molar-refractivity contribution >= 4 is 91.0 Å². The average Bonchev–Trinajstić information content (AvgIpc) is 3.56. The third kappa shape index (κ3) is 9.90. The number of imide groups is 1. The zero-order valence-electron chi connectivity index (χ0n) is 38.5. The molecule has 66 heavy (non-hydrogen) atoms. The summed E-state index contributed by atoms with van der Waals surface area (Å²) in [5.41, 5.74) is 7.92. The number of nitrogens with zero attached hydrogens (tertiary/aromatic N) is 6. The van der Waals surface area contributed by atoms with Gasteiger partial charge in [-0.25, -0.2) is 9.78 Å². The molecule has 6 aromatic rings. The van der Waals surface area contributed by atoms with E-state index >= 15 is 0 Å². The molecule has 348 valence electrons. The summed E-state index contributed by atoms with van der Waals surface area (Å²) in [6.07, 6.45) is 6.61. The molecule has 0 aliphatic carbocycles. The minimum Gasteiger partial charge on any atom is -0.494 e. The average molecular weight is 981 g/mol. The maximum atomic E-state index is 13.7. The van der Waals surface area contributed by atoms with Gasteiger partial charge in [0, 0.05) is 80.0 Å². The summed E-state index contributed by atoms with van der Waals surface area (Å²) in [6.45, 7) is 12.0. The van der Waals surface area contributed by atoms with Crippen LogP contribution in [0.3, 0.4) is 0 Å². The Morgan fingerprint density at radius 3 is 2.44 bits per heavy atom. The molecular formula is C48H59BrN11O5P. The van der Waals surface area contributed by atoms with Crippen LogP contribution in [0.4, 0.5) is 28.8 Å². The Morgan fingerprint density at radius 2 is 1.71 bits per heavy atom. The number of methoxy groups -OCH3 is 1. The number of hydrogen-bond acceptors (Lipinski definition) is 13. The normalized spacial score (nSPS) is 16.0. The van der Waals surface area contributed by atoms with Crippen molar-refractivity contribution in [2.45, 2.75) is 70.9 Å². The van der Waals surface area contributed by atoms with Crippen LogP contribution in [0.15, 0.2) is 70.1 Å². The standard InChI is InChI=1S/C48H59BrN11O5P/c1-7-29-26-37(55-47-52-28-34(49)45(57-47)54-36-15-14-35-33(44(36)66(5,6)64)13-12-31(8-2)53-35)41(65-4)27-40(29)59-24-19-32(20-25-59)51-23-22-50-21-18-30-10-9-11-38-43(30)58(3)48(63)60(38)39-16-17-42(61)56-46(39)62/h9-15,26-28,32,39,50-51H,7-8,16-25H2,1-6H3,(H,56,61,62)(H2,52,54,55,57). The molecule has 3 aromatic heterocycles. The number of carbonyl (C=O) groups excluding carboxylic acids is 2. The van der Waals surface area contributed by atoms with Gasteiger partial charge in [-0.1, -0.05) is 32.0 Å². The Hall–Kier alpha value is -5.61. The first-order chi connectivity index (χ1) is 31.8. The van der Waals surface area contributed by atoms with Crippen molar-refractivity contribution in [3.05, 3.63) is 92.6 Å². The van der Waals surface area contributed by atoms with Gasteiger partial charge < -0.3 is 35.5 Å². The lowest BCUT2D eigenvalue weighted by Gasteiger charge is -2.35. The van der Waals surface area contributed by atoms with Crippen LogP contribution in [0, 0.1) is 0 Å². The van der Waals surface area contributed by atoms with E-state index in [9.17, 15) is 18.9 Å². The number of rotatable bonds is 17. The van der Waals surface area contributed by atoms with E-state index in [4.69, 9.17) is 14.7 Å². The Bertz CT molecular complexity index is 2900. The number of piperidine rings is 2. The van der Waals surface area contributed by atoms with Crippen LogP contribution in [0.5, 0.6) is 5.75 Å². The number of aromatic nitrogens is 5. The molecule has 0 radical (unpaired) electrons.